The van der Waals surface area contributed by atoms with E-state index in [1.54, 1.807) is 29.2 Å². The summed E-state index contributed by atoms with van der Waals surface area (Å²) < 4.78 is 19.2. The second-order valence-corrected chi connectivity index (χ2v) is 7.30. The van der Waals surface area contributed by atoms with Crippen molar-refractivity contribution < 1.29 is 19.0 Å². The van der Waals surface area contributed by atoms with Crippen LogP contribution >= 0.6 is 11.6 Å². The first kappa shape index (κ1) is 19.6. The van der Waals surface area contributed by atoms with Gasteiger partial charge in [0.1, 0.15) is 11.4 Å². The Morgan fingerprint density at radius 3 is 2.48 bits per heavy atom. The number of halogens is 2. The molecule has 2 atom stereocenters. The molecule has 0 aliphatic carbocycles. The number of hydrogen-bond donors (Lipinski definition) is 1. The summed E-state index contributed by atoms with van der Waals surface area (Å²) in [5, 5.41) is 9.90. The Bertz CT molecular complexity index is 781. The largest absolute Gasteiger partial charge is 0.438 e. The highest BCUT2D eigenvalue weighted by molar-refractivity contribution is 6.30. The zero-order valence-electron chi connectivity index (χ0n) is 15.2. The Morgan fingerprint density at radius 2 is 1.89 bits per heavy atom. The Hall–Kier alpha value is -2.11. The Kier molecular flexibility index (Phi) is 6.02. The van der Waals surface area contributed by atoms with Crippen molar-refractivity contribution in [2.24, 2.45) is 0 Å². The number of hydrogen-bond acceptors (Lipinski definition) is 3. The quantitative estimate of drug-likeness (QED) is 0.749. The number of carbonyl (C=O) groups is 1. The summed E-state index contributed by atoms with van der Waals surface area (Å²) >= 11 is 5.94. The third-order valence-electron chi connectivity index (χ3n) is 5.20. The predicted octanol–water partition coefficient (Wildman–Crippen LogP) is 5.05. The number of rotatable bonds is 6. The molecule has 6 heteroatoms. The minimum atomic E-state index is -0.844. The van der Waals surface area contributed by atoms with Crippen molar-refractivity contribution in [3.63, 3.8) is 0 Å². The molecule has 3 rings (SSSR count). The second-order valence-electron chi connectivity index (χ2n) is 6.87. The summed E-state index contributed by atoms with van der Waals surface area (Å²) in [5.74, 6) is -0.337. The number of carbonyl (C=O) groups excluding carboxylic acids is 1. The fourth-order valence-corrected chi connectivity index (χ4v) is 3.71. The van der Waals surface area contributed by atoms with Crippen LogP contribution in [0.5, 0.6) is 0 Å². The lowest BCUT2D eigenvalue weighted by Crippen LogP contribution is -2.48. The SMILES string of the molecule is C[C@@H](c1ccc(Cl)cc1)N1CCC(CCCO)(c2ccc(F)cc2)OC1=O. The Balaban J connectivity index is 1.81. The van der Waals surface area contributed by atoms with E-state index in [4.69, 9.17) is 16.3 Å². The maximum Gasteiger partial charge on any atom is 0.411 e. The smallest absolute Gasteiger partial charge is 0.411 e. The lowest BCUT2D eigenvalue weighted by molar-refractivity contribution is -0.0680. The van der Waals surface area contributed by atoms with Crippen LogP contribution in [0.15, 0.2) is 48.5 Å². The molecule has 1 amide bonds. The van der Waals surface area contributed by atoms with Crippen molar-refractivity contribution in [3.05, 3.63) is 70.5 Å². The molecule has 0 radical (unpaired) electrons. The van der Waals surface area contributed by atoms with E-state index in [9.17, 15) is 14.3 Å². The Labute approximate surface area is 163 Å². The van der Waals surface area contributed by atoms with Gasteiger partial charge in [-0.2, -0.15) is 0 Å². The number of nitrogens with zero attached hydrogens (tertiary/aromatic N) is 1. The van der Waals surface area contributed by atoms with Crippen LogP contribution in [-0.4, -0.2) is 29.3 Å². The van der Waals surface area contributed by atoms with Gasteiger partial charge in [0.2, 0.25) is 0 Å². The van der Waals surface area contributed by atoms with Gasteiger partial charge < -0.3 is 14.7 Å². The van der Waals surface area contributed by atoms with Gasteiger partial charge in [-0.1, -0.05) is 35.9 Å². The number of aliphatic hydroxyl groups excluding tert-OH is 1. The van der Waals surface area contributed by atoms with Crippen molar-refractivity contribution >= 4 is 17.7 Å². The van der Waals surface area contributed by atoms with Gasteiger partial charge >= 0.3 is 6.09 Å². The van der Waals surface area contributed by atoms with Crippen LogP contribution in [0.1, 0.15) is 43.4 Å². The van der Waals surface area contributed by atoms with E-state index in [0.29, 0.717) is 30.8 Å². The number of ether oxygens (including phenoxy) is 1. The molecular formula is C21H23ClFNO3. The number of cyclic esters (lactones) is 1. The van der Waals surface area contributed by atoms with E-state index in [1.165, 1.54) is 12.1 Å². The summed E-state index contributed by atoms with van der Waals surface area (Å²) in [6, 6.07) is 13.3. The molecule has 1 N–H and O–H groups in total. The van der Waals surface area contributed by atoms with E-state index >= 15 is 0 Å². The summed E-state index contributed by atoms with van der Waals surface area (Å²) in [6.45, 7) is 2.46. The molecule has 0 spiro atoms. The molecule has 1 fully saturated rings. The average Bonchev–Trinajstić information content (AvgIpc) is 2.67. The van der Waals surface area contributed by atoms with Crippen LogP contribution in [0, 0.1) is 5.82 Å². The molecule has 1 aliphatic rings. The maximum absolute atomic E-state index is 13.3. The van der Waals surface area contributed by atoms with Gasteiger partial charge in [0.15, 0.2) is 0 Å². The highest BCUT2D eigenvalue weighted by Crippen LogP contribution is 2.40. The first-order chi connectivity index (χ1) is 12.9. The third-order valence-corrected chi connectivity index (χ3v) is 5.45. The van der Waals surface area contributed by atoms with Gasteiger partial charge in [-0.15, -0.1) is 0 Å². The molecule has 2 aromatic carbocycles. The topological polar surface area (TPSA) is 49.8 Å². The van der Waals surface area contributed by atoms with Gasteiger partial charge in [0, 0.05) is 24.6 Å². The summed E-state index contributed by atoms with van der Waals surface area (Å²) in [7, 11) is 0. The van der Waals surface area contributed by atoms with Crippen LogP contribution in [0.4, 0.5) is 9.18 Å². The van der Waals surface area contributed by atoms with Gasteiger partial charge in [0.05, 0.1) is 6.04 Å². The molecule has 0 aromatic heterocycles. The molecule has 27 heavy (non-hydrogen) atoms. The molecule has 2 aromatic rings. The maximum atomic E-state index is 13.3. The lowest BCUT2D eigenvalue weighted by Gasteiger charge is -2.43. The lowest BCUT2D eigenvalue weighted by atomic mass is 9.84. The van der Waals surface area contributed by atoms with Gasteiger partial charge in [0.25, 0.3) is 0 Å². The van der Waals surface area contributed by atoms with Crippen LogP contribution in [0.3, 0.4) is 0 Å². The predicted molar refractivity (Wildman–Crippen MR) is 102 cm³/mol. The number of amides is 1. The zero-order valence-corrected chi connectivity index (χ0v) is 16.0. The van der Waals surface area contributed by atoms with Gasteiger partial charge in [-0.05, 0) is 55.2 Å². The molecular weight excluding hydrogens is 369 g/mol. The third kappa shape index (κ3) is 4.25. The van der Waals surface area contributed by atoms with E-state index in [2.05, 4.69) is 0 Å². The van der Waals surface area contributed by atoms with Gasteiger partial charge in [-0.3, -0.25) is 0 Å². The molecule has 1 aliphatic heterocycles. The molecule has 0 bridgehead atoms. The number of benzene rings is 2. The van der Waals surface area contributed by atoms with Crippen LogP contribution in [0.2, 0.25) is 5.02 Å². The fourth-order valence-electron chi connectivity index (χ4n) is 3.58. The standard InChI is InChI=1S/C21H23ClFNO3/c1-15(16-3-7-18(22)8-4-16)24-13-12-21(11-2-14-25,27-20(24)26)17-5-9-19(23)10-6-17/h3-10,15,25H,2,11-14H2,1H3/t15-,21?/m0/s1. The van der Waals surface area contributed by atoms with E-state index in [1.807, 2.05) is 19.1 Å². The van der Waals surface area contributed by atoms with Crippen LogP contribution < -0.4 is 0 Å². The van der Waals surface area contributed by atoms with Crippen molar-refractivity contribution in [2.75, 3.05) is 13.2 Å². The fraction of sp³-hybridized carbons (Fsp3) is 0.381. The first-order valence-electron chi connectivity index (χ1n) is 9.07. The van der Waals surface area contributed by atoms with Crippen LogP contribution in [0.25, 0.3) is 0 Å². The number of aliphatic hydroxyl groups is 1. The normalized spacial score (nSPS) is 21.0. The first-order valence-corrected chi connectivity index (χ1v) is 9.45. The molecule has 1 saturated heterocycles. The van der Waals surface area contributed by atoms with Gasteiger partial charge in [-0.25, -0.2) is 9.18 Å². The molecule has 0 saturated carbocycles. The summed E-state index contributed by atoms with van der Waals surface area (Å²) in [5.41, 5.74) is 0.884. The zero-order chi connectivity index (χ0) is 19.4. The minimum Gasteiger partial charge on any atom is -0.438 e. The monoisotopic (exact) mass is 391 g/mol. The summed E-state index contributed by atoms with van der Waals surface area (Å²) in [4.78, 5) is 14.5. The minimum absolute atomic E-state index is 0.00534. The van der Waals surface area contributed by atoms with Crippen molar-refractivity contribution in [1.82, 2.24) is 4.90 Å². The molecule has 144 valence electrons. The molecule has 4 nitrogen and oxygen atoms in total. The van der Waals surface area contributed by atoms with E-state index in [-0.39, 0.29) is 18.5 Å². The van der Waals surface area contributed by atoms with E-state index < -0.39 is 11.7 Å². The van der Waals surface area contributed by atoms with Crippen molar-refractivity contribution in [2.45, 2.75) is 37.8 Å². The molecule has 1 heterocycles. The van der Waals surface area contributed by atoms with E-state index in [0.717, 1.165) is 11.1 Å². The second kappa shape index (κ2) is 8.28. The van der Waals surface area contributed by atoms with Crippen LogP contribution in [-0.2, 0) is 10.3 Å². The summed E-state index contributed by atoms with van der Waals surface area (Å²) in [6.07, 6.45) is 1.15. The highest BCUT2D eigenvalue weighted by atomic mass is 35.5. The van der Waals surface area contributed by atoms with Crippen molar-refractivity contribution in [1.29, 1.82) is 0 Å². The average molecular weight is 392 g/mol. The highest BCUT2D eigenvalue weighted by Gasteiger charge is 2.43. The molecule has 1 unspecified atom stereocenters. The van der Waals surface area contributed by atoms with Crippen molar-refractivity contribution in [3.8, 4) is 0 Å². The Morgan fingerprint density at radius 1 is 1.22 bits per heavy atom.